The second-order valence-corrected chi connectivity index (χ2v) is 11.0. The van der Waals surface area contributed by atoms with Crippen molar-refractivity contribution in [1.82, 2.24) is 10.9 Å². The molecule has 0 aliphatic carbocycles. The van der Waals surface area contributed by atoms with Gasteiger partial charge in [-0.1, -0.05) is 84.0 Å². The fourth-order valence-corrected chi connectivity index (χ4v) is 5.37. The Labute approximate surface area is 279 Å². The second kappa shape index (κ2) is 16.8. The second-order valence-electron chi connectivity index (χ2n) is 11.0. The van der Waals surface area contributed by atoms with Gasteiger partial charge in [0.2, 0.25) is 5.90 Å². The summed E-state index contributed by atoms with van der Waals surface area (Å²) < 4.78 is 17.6. The van der Waals surface area contributed by atoms with Gasteiger partial charge in [0.05, 0.1) is 13.7 Å². The van der Waals surface area contributed by atoms with Gasteiger partial charge in [-0.15, -0.1) is 0 Å². The standard InChI is InChI=1S/C37H38N6O5/c1-46-31-14-7-12-28(26-31)21-23-39-42-36(45)37(22-8-13-27-10-3-2-4-11-27)34(32-15-5-6-16-33(32)41-43-38)48-35(40-37)29-17-19-30(20-18-29)47-25-9-24-44/h2-8,10-20,26,34,39,44H,9,21-25H2,1H3,(H,42,45)/b13-8+/t34-,37-/m0/s1. The zero-order valence-corrected chi connectivity index (χ0v) is 26.7. The van der Waals surface area contributed by atoms with E-state index in [0.29, 0.717) is 48.6 Å². The molecule has 3 N–H and O–H groups in total. The first-order valence-electron chi connectivity index (χ1n) is 15.7. The van der Waals surface area contributed by atoms with Gasteiger partial charge in [0.1, 0.15) is 11.5 Å². The lowest BCUT2D eigenvalue weighted by Gasteiger charge is -2.30. The number of amides is 1. The summed E-state index contributed by atoms with van der Waals surface area (Å²) in [4.78, 5) is 22.4. The van der Waals surface area contributed by atoms with Gasteiger partial charge in [-0.05, 0) is 59.5 Å². The highest BCUT2D eigenvalue weighted by Gasteiger charge is 2.53. The van der Waals surface area contributed by atoms with Gasteiger partial charge >= 0.3 is 0 Å². The Bertz CT molecular complexity index is 1770. The maximum absolute atomic E-state index is 14.4. The van der Waals surface area contributed by atoms with Crippen molar-refractivity contribution in [3.63, 3.8) is 0 Å². The third-order valence-corrected chi connectivity index (χ3v) is 7.82. The molecule has 0 saturated heterocycles. The third kappa shape index (κ3) is 8.40. The molecule has 0 bridgehead atoms. The number of hydrogen-bond donors (Lipinski definition) is 3. The molecule has 4 aromatic carbocycles. The Kier molecular flexibility index (Phi) is 11.8. The summed E-state index contributed by atoms with van der Waals surface area (Å²) in [5.74, 6) is 1.24. The van der Waals surface area contributed by atoms with Gasteiger partial charge in [0.25, 0.3) is 5.91 Å². The minimum absolute atomic E-state index is 0.0418. The quantitative estimate of drug-likeness (QED) is 0.0409. The average Bonchev–Trinajstić information content (AvgIpc) is 3.52. The number of carbonyl (C=O) groups is 1. The average molecular weight is 647 g/mol. The maximum atomic E-state index is 14.4. The van der Waals surface area contributed by atoms with Crippen molar-refractivity contribution in [2.24, 2.45) is 10.1 Å². The number of rotatable bonds is 16. The molecular formula is C37H38N6O5. The highest BCUT2D eigenvalue weighted by Crippen LogP contribution is 2.45. The number of nitrogens with one attached hydrogen (secondary N) is 2. The lowest BCUT2D eigenvalue weighted by atomic mass is 9.83. The Morgan fingerprint density at radius 2 is 1.83 bits per heavy atom. The van der Waals surface area contributed by atoms with E-state index in [2.05, 4.69) is 20.9 Å². The number of azide groups is 1. The number of ether oxygens (including phenoxy) is 3. The third-order valence-electron chi connectivity index (χ3n) is 7.82. The van der Waals surface area contributed by atoms with Crippen LogP contribution in [0.25, 0.3) is 16.5 Å². The van der Waals surface area contributed by atoms with E-state index in [0.717, 1.165) is 16.9 Å². The molecule has 4 aromatic rings. The first-order valence-corrected chi connectivity index (χ1v) is 15.7. The number of aliphatic imine (C=N–C) groups is 1. The van der Waals surface area contributed by atoms with E-state index in [-0.39, 0.29) is 18.9 Å². The largest absolute Gasteiger partial charge is 0.497 e. The molecule has 11 heteroatoms. The predicted octanol–water partition coefficient (Wildman–Crippen LogP) is 6.62. The molecular weight excluding hydrogens is 608 g/mol. The van der Waals surface area contributed by atoms with E-state index in [1.165, 1.54) is 0 Å². The van der Waals surface area contributed by atoms with Gasteiger partial charge in [0.15, 0.2) is 11.6 Å². The minimum atomic E-state index is -1.49. The molecule has 1 aliphatic rings. The Morgan fingerprint density at radius 1 is 1.04 bits per heavy atom. The molecule has 0 radical (unpaired) electrons. The Balaban J connectivity index is 1.49. The van der Waals surface area contributed by atoms with Crippen LogP contribution in [0.2, 0.25) is 0 Å². The van der Waals surface area contributed by atoms with Crippen LogP contribution >= 0.6 is 0 Å². The summed E-state index contributed by atoms with van der Waals surface area (Å²) in [6.45, 7) is 0.873. The molecule has 2 atom stereocenters. The van der Waals surface area contributed by atoms with Crippen LogP contribution in [0.3, 0.4) is 0 Å². The highest BCUT2D eigenvalue weighted by atomic mass is 16.5. The van der Waals surface area contributed by atoms with Crippen LogP contribution < -0.4 is 20.3 Å². The number of aliphatic hydroxyl groups excluding tert-OH is 1. The highest BCUT2D eigenvalue weighted by molar-refractivity contribution is 6.01. The molecule has 0 spiro atoms. The number of methoxy groups -OCH3 is 1. The van der Waals surface area contributed by atoms with Crippen LogP contribution in [-0.4, -0.2) is 49.3 Å². The Hall–Kier alpha value is -5.61. The minimum Gasteiger partial charge on any atom is -0.497 e. The van der Waals surface area contributed by atoms with Crippen molar-refractivity contribution < 1.29 is 24.1 Å². The van der Waals surface area contributed by atoms with Crippen LogP contribution in [0.1, 0.15) is 41.2 Å². The summed E-state index contributed by atoms with van der Waals surface area (Å²) in [6, 6.07) is 31.8. The molecule has 0 saturated carbocycles. The Morgan fingerprint density at radius 3 is 2.60 bits per heavy atom. The first-order chi connectivity index (χ1) is 23.6. The van der Waals surface area contributed by atoms with Gasteiger partial charge in [-0.25, -0.2) is 10.4 Å². The van der Waals surface area contributed by atoms with Crippen LogP contribution in [0.5, 0.6) is 11.5 Å². The van der Waals surface area contributed by atoms with Gasteiger partial charge in [-0.2, -0.15) is 0 Å². The lowest BCUT2D eigenvalue weighted by Crippen LogP contribution is -2.52. The fourth-order valence-electron chi connectivity index (χ4n) is 5.37. The van der Waals surface area contributed by atoms with Gasteiger partial charge < -0.3 is 19.3 Å². The summed E-state index contributed by atoms with van der Waals surface area (Å²) in [5, 5.41) is 13.0. The van der Waals surface area contributed by atoms with Crippen molar-refractivity contribution in [3.05, 3.63) is 142 Å². The van der Waals surface area contributed by atoms with E-state index in [1.54, 1.807) is 43.5 Å². The lowest BCUT2D eigenvalue weighted by molar-refractivity contribution is -0.129. The van der Waals surface area contributed by atoms with E-state index in [1.807, 2.05) is 78.9 Å². The monoisotopic (exact) mass is 646 g/mol. The van der Waals surface area contributed by atoms with Crippen molar-refractivity contribution in [2.75, 3.05) is 26.9 Å². The van der Waals surface area contributed by atoms with E-state index < -0.39 is 17.6 Å². The van der Waals surface area contributed by atoms with Gasteiger partial charge in [0, 0.05) is 47.7 Å². The predicted molar refractivity (Wildman–Crippen MR) is 185 cm³/mol. The summed E-state index contributed by atoms with van der Waals surface area (Å²) in [5.41, 5.74) is 17.3. The molecule has 1 amide bonds. The van der Waals surface area contributed by atoms with Crippen molar-refractivity contribution in [1.29, 1.82) is 0 Å². The van der Waals surface area contributed by atoms with E-state index in [4.69, 9.17) is 24.3 Å². The van der Waals surface area contributed by atoms with Crippen molar-refractivity contribution in [2.45, 2.75) is 30.9 Å². The molecule has 11 nitrogen and oxygen atoms in total. The number of aliphatic hydroxyl groups is 1. The molecule has 1 heterocycles. The SMILES string of the molecule is COc1cccc(CCNNC(=O)[C@@]2(C/C=C/c3ccccc3)N=C(c3ccc(OCCCO)cc3)O[C@H]2c2ccccc2N=[N+]=[N-])c1. The van der Waals surface area contributed by atoms with Crippen LogP contribution in [0, 0.1) is 0 Å². The summed E-state index contributed by atoms with van der Waals surface area (Å²) in [6.07, 6.45) is 4.24. The van der Waals surface area contributed by atoms with Gasteiger partial charge in [-0.3, -0.25) is 10.2 Å². The molecule has 1 aliphatic heterocycles. The van der Waals surface area contributed by atoms with Crippen molar-refractivity contribution in [3.8, 4) is 11.5 Å². The normalized spacial score (nSPS) is 16.9. The van der Waals surface area contributed by atoms with E-state index in [9.17, 15) is 10.3 Å². The number of nitrogens with zero attached hydrogens (tertiary/aromatic N) is 4. The molecule has 0 aromatic heterocycles. The van der Waals surface area contributed by atoms with Crippen LogP contribution in [0.15, 0.2) is 119 Å². The van der Waals surface area contributed by atoms with Crippen LogP contribution in [-0.2, 0) is 16.0 Å². The molecule has 48 heavy (non-hydrogen) atoms. The molecule has 5 rings (SSSR count). The molecule has 246 valence electrons. The topological polar surface area (TPSA) is 150 Å². The summed E-state index contributed by atoms with van der Waals surface area (Å²) >= 11 is 0. The smallest absolute Gasteiger partial charge is 0.266 e. The fraction of sp³-hybridized carbons (Fsp3) is 0.243. The maximum Gasteiger partial charge on any atom is 0.266 e. The number of carbonyl (C=O) groups excluding carboxylic acids is 1. The zero-order valence-electron chi connectivity index (χ0n) is 26.7. The summed E-state index contributed by atoms with van der Waals surface area (Å²) in [7, 11) is 1.62. The number of hydrogen-bond acceptors (Lipinski definition) is 8. The first kappa shape index (κ1) is 33.7. The zero-order chi connectivity index (χ0) is 33.6. The molecule has 0 unspecified atom stereocenters. The van der Waals surface area contributed by atoms with E-state index >= 15 is 0 Å². The number of hydrazine groups is 1. The number of benzene rings is 4. The van der Waals surface area contributed by atoms with Crippen molar-refractivity contribution >= 4 is 23.6 Å². The van der Waals surface area contributed by atoms with Crippen LogP contribution in [0.4, 0.5) is 5.69 Å². The molecule has 0 fully saturated rings.